The first-order valence-corrected chi connectivity index (χ1v) is 14.5. The number of thioether (sulfide) groups is 1. The van der Waals surface area contributed by atoms with Gasteiger partial charge in [0.2, 0.25) is 5.91 Å². The highest BCUT2D eigenvalue weighted by Crippen LogP contribution is 2.42. The maximum atomic E-state index is 13.2. The molecule has 206 valence electrons. The summed E-state index contributed by atoms with van der Waals surface area (Å²) in [4.78, 5) is 27.6. The van der Waals surface area contributed by atoms with Crippen LogP contribution in [0.4, 0.5) is 5.69 Å². The third-order valence-electron chi connectivity index (χ3n) is 7.08. The lowest BCUT2D eigenvalue weighted by Crippen LogP contribution is -2.35. The molecular weight excluding hydrogens is 546 g/mol. The van der Waals surface area contributed by atoms with Gasteiger partial charge in [0.15, 0.2) is 0 Å². The first-order valence-electron chi connectivity index (χ1n) is 13.1. The number of carbonyl (C=O) groups excluding carboxylic acids is 1. The summed E-state index contributed by atoms with van der Waals surface area (Å²) in [6.45, 7) is 5.61. The molecule has 0 saturated carbocycles. The van der Waals surface area contributed by atoms with Crippen LogP contribution in [0.15, 0.2) is 71.9 Å². The second-order valence-corrected chi connectivity index (χ2v) is 11.2. The fourth-order valence-electron chi connectivity index (χ4n) is 4.79. The zero-order valence-corrected chi connectivity index (χ0v) is 24.0. The van der Waals surface area contributed by atoms with E-state index in [0.29, 0.717) is 38.1 Å². The number of hydrogen-bond acceptors (Lipinski definition) is 5. The molecule has 1 N–H and O–H groups in total. The standard InChI is InChI=1S/C31H30ClN3O4S/c1-20-7-3-12-27(21(20)2)39-15-6-13-28(36)35-14-16-40-30-24(9-5-11-26(30)35)23-17-33-34(19-23)18-22-8-4-10-25(29(22)32)31(37)38/h3-5,7-12,17,19H,6,13-16,18H2,1-2H3,(H,37,38). The van der Waals surface area contributed by atoms with Crippen molar-refractivity contribution in [3.63, 3.8) is 0 Å². The Morgan fingerprint density at radius 3 is 2.73 bits per heavy atom. The van der Waals surface area contributed by atoms with Crippen LogP contribution < -0.4 is 9.64 Å². The summed E-state index contributed by atoms with van der Waals surface area (Å²) in [6.07, 6.45) is 4.76. The van der Waals surface area contributed by atoms with E-state index in [-0.39, 0.29) is 16.5 Å². The molecule has 1 aliphatic heterocycles. The van der Waals surface area contributed by atoms with E-state index in [1.165, 1.54) is 11.6 Å². The molecule has 1 aromatic heterocycles. The number of hydrogen-bond donors (Lipinski definition) is 1. The average Bonchev–Trinajstić information content (AvgIpc) is 3.41. The molecule has 7 nitrogen and oxygen atoms in total. The monoisotopic (exact) mass is 575 g/mol. The van der Waals surface area contributed by atoms with E-state index in [0.717, 1.165) is 38.8 Å². The van der Waals surface area contributed by atoms with Crippen molar-refractivity contribution in [2.75, 3.05) is 23.8 Å². The second kappa shape index (κ2) is 12.2. The molecule has 5 rings (SSSR count). The molecule has 9 heteroatoms. The minimum absolute atomic E-state index is 0.0710. The fourth-order valence-corrected chi connectivity index (χ4v) is 6.20. The Hall–Kier alpha value is -3.75. The summed E-state index contributed by atoms with van der Waals surface area (Å²) < 4.78 is 7.69. The zero-order chi connectivity index (χ0) is 28.2. The summed E-state index contributed by atoms with van der Waals surface area (Å²) in [7, 11) is 0. The van der Waals surface area contributed by atoms with Crippen LogP contribution in [0.2, 0.25) is 5.02 Å². The molecule has 1 amide bonds. The maximum Gasteiger partial charge on any atom is 0.337 e. The van der Waals surface area contributed by atoms with Crippen LogP contribution in [0, 0.1) is 13.8 Å². The van der Waals surface area contributed by atoms with Gasteiger partial charge in [-0.25, -0.2) is 4.79 Å². The summed E-state index contributed by atoms with van der Waals surface area (Å²) in [6, 6.07) is 17.0. The summed E-state index contributed by atoms with van der Waals surface area (Å²) >= 11 is 8.08. The lowest BCUT2D eigenvalue weighted by atomic mass is 10.1. The van der Waals surface area contributed by atoms with Gasteiger partial charge >= 0.3 is 5.97 Å². The number of aromatic nitrogens is 2. The number of amides is 1. The Kier molecular flexibility index (Phi) is 8.47. The Labute approximate surface area is 242 Å². The van der Waals surface area contributed by atoms with Crippen molar-refractivity contribution < 1.29 is 19.4 Å². The van der Waals surface area contributed by atoms with Crippen molar-refractivity contribution in [2.45, 2.75) is 38.1 Å². The Morgan fingerprint density at radius 1 is 1.10 bits per heavy atom. The topological polar surface area (TPSA) is 84.7 Å². The Morgan fingerprint density at radius 2 is 1.90 bits per heavy atom. The van der Waals surface area contributed by atoms with E-state index in [1.54, 1.807) is 34.8 Å². The Bertz CT molecular complexity index is 1570. The molecule has 2 heterocycles. The average molecular weight is 576 g/mol. The molecule has 0 unspecified atom stereocenters. The number of aryl methyl sites for hydroxylation is 1. The molecule has 0 bridgehead atoms. The number of aromatic carboxylic acids is 1. The molecule has 3 aromatic carbocycles. The van der Waals surface area contributed by atoms with Crippen molar-refractivity contribution in [1.29, 1.82) is 0 Å². The van der Waals surface area contributed by atoms with Crippen molar-refractivity contribution in [3.8, 4) is 16.9 Å². The van der Waals surface area contributed by atoms with E-state index < -0.39 is 5.97 Å². The number of ether oxygens (including phenoxy) is 1. The number of benzene rings is 3. The summed E-state index contributed by atoms with van der Waals surface area (Å²) in [5.41, 5.74) is 5.91. The third kappa shape index (κ3) is 5.88. The minimum Gasteiger partial charge on any atom is -0.493 e. The van der Waals surface area contributed by atoms with Crippen LogP contribution in [0.1, 0.15) is 39.9 Å². The largest absolute Gasteiger partial charge is 0.493 e. The molecule has 0 aliphatic carbocycles. The molecule has 1 aliphatic rings. The number of rotatable bonds is 9. The van der Waals surface area contributed by atoms with E-state index >= 15 is 0 Å². The van der Waals surface area contributed by atoms with Gasteiger partial charge in [0.1, 0.15) is 5.75 Å². The highest BCUT2D eigenvalue weighted by Gasteiger charge is 2.25. The molecule has 0 saturated heterocycles. The van der Waals surface area contributed by atoms with Crippen LogP contribution in [0.25, 0.3) is 11.1 Å². The second-order valence-electron chi connectivity index (χ2n) is 9.71. The van der Waals surface area contributed by atoms with Gasteiger partial charge in [-0.15, -0.1) is 11.8 Å². The number of carbonyl (C=O) groups is 2. The fraction of sp³-hybridized carbons (Fsp3) is 0.258. The predicted octanol–water partition coefficient (Wildman–Crippen LogP) is 6.86. The molecule has 0 atom stereocenters. The molecule has 0 radical (unpaired) electrons. The lowest BCUT2D eigenvalue weighted by Gasteiger charge is -2.30. The van der Waals surface area contributed by atoms with Crippen LogP contribution in [-0.4, -0.2) is 45.7 Å². The lowest BCUT2D eigenvalue weighted by molar-refractivity contribution is -0.118. The number of nitrogens with zero attached hydrogens (tertiary/aromatic N) is 3. The van der Waals surface area contributed by atoms with Crippen LogP contribution in [0.3, 0.4) is 0 Å². The summed E-state index contributed by atoms with van der Waals surface area (Å²) in [5, 5.41) is 14.1. The minimum atomic E-state index is -1.06. The van der Waals surface area contributed by atoms with Gasteiger partial charge in [-0.05, 0) is 55.2 Å². The first kappa shape index (κ1) is 27.8. The van der Waals surface area contributed by atoms with Gasteiger partial charge in [0, 0.05) is 40.9 Å². The predicted molar refractivity (Wildman–Crippen MR) is 159 cm³/mol. The smallest absolute Gasteiger partial charge is 0.337 e. The quantitative estimate of drug-likeness (QED) is 0.219. The van der Waals surface area contributed by atoms with Gasteiger partial charge < -0.3 is 14.7 Å². The number of carboxylic acids is 1. The SMILES string of the molecule is Cc1cccc(OCCCC(=O)N2CCSc3c(-c4cnn(Cc5cccc(C(=O)O)c5Cl)c4)cccc32)c1C. The molecule has 4 aromatic rings. The van der Waals surface area contributed by atoms with Crippen molar-refractivity contribution in [3.05, 3.63) is 94.3 Å². The zero-order valence-electron chi connectivity index (χ0n) is 22.4. The first-order chi connectivity index (χ1) is 19.3. The van der Waals surface area contributed by atoms with E-state index in [2.05, 4.69) is 18.1 Å². The normalized spacial score (nSPS) is 12.7. The highest BCUT2D eigenvalue weighted by molar-refractivity contribution is 7.99. The van der Waals surface area contributed by atoms with Crippen molar-refractivity contribution >= 4 is 40.9 Å². The summed E-state index contributed by atoms with van der Waals surface area (Å²) in [5.74, 6) is 0.704. The van der Waals surface area contributed by atoms with Crippen molar-refractivity contribution in [2.24, 2.45) is 0 Å². The Balaban J connectivity index is 1.27. The molecule has 0 spiro atoms. The van der Waals surface area contributed by atoms with Crippen LogP contribution in [-0.2, 0) is 11.3 Å². The number of fused-ring (bicyclic) bond motifs is 1. The third-order valence-corrected chi connectivity index (χ3v) is 8.63. The maximum absolute atomic E-state index is 13.2. The van der Waals surface area contributed by atoms with E-state index in [4.69, 9.17) is 16.3 Å². The number of halogens is 1. The van der Waals surface area contributed by atoms with Gasteiger partial charge in [-0.1, -0.05) is 48.0 Å². The van der Waals surface area contributed by atoms with E-state index in [1.807, 2.05) is 48.4 Å². The van der Waals surface area contributed by atoms with Gasteiger partial charge in [0.05, 0.1) is 35.6 Å². The number of anilines is 1. The molecule has 40 heavy (non-hydrogen) atoms. The van der Waals surface area contributed by atoms with Gasteiger partial charge in [-0.2, -0.15) is 5.10 Å². The number of carboxylic acid groups (broad SMARTS) is 1. The van der Waals surface area contributed by atoms with Gasteiger partial charge in [-0.3, -0.25) is 9.48 Å². The van der Waals surface area contributed by atoms with E-state index in [9.17, 15) is 14.7 Å². The van der Waals surface area contributed by atoms with Gasteiger partial charge in [0.25, 0.3) is 0 Å². The molecular formula is C31H30ClN3O4S. The van der Waals surface area contributed by atoms with Crippen LogP contribution >= 0.6 is 23.4 Å². The van der Waals surface area contributed by atoms with Crippen LogP contribution in [0.5, 0.6) is 5.75 Å². The molecule has 0 fully saturated rings. The van der Waals surface area contributed by atoms with Crippen molar-refractivity contribution in [1.82, 2.24) is 9.78 Å². The highest BCUT2D eigenvalue weighted by atomic mass is 35.5.